The van der Waals surface area contributed by atoms with Crippen LogP contribution < -0.4 is 10.5 Å². The zero-order chi connectivity index (χ0) is 13.0. The smallest absolute Gasteiger partial charge is 0.124 e. The van der Waals surface area contributed by atoms with Gasteiger partial charge in [-0.2, -0.15) is 0 Å². The van der Waals surface area contributed by atoms with Gasteiger partial charge in [-0.25, -0.2) is 0 Å². The molecule has 1 aliphatic rings. The molecular formula is C16H25NO. The van der Waals surface area contributed by atoms with Crippen LogP contribution in [0, 0.1) is 5.92 Å². The van der Waals surface area contributed by atoms with Crippen LogP contribution in [0.1, 0.15) is 51.5 Å². The van der Waals surface area contributed by atoms with Gasteiger partial charge in [0.05, 0.1) is 6.61 Å². The summed E-state index contributed by atoms with van der Waals surface area (Å²) in [4.78, 5) is 0. The molecule has 2 unspecified atom stereocenters. The van der Waals surface area contributed by atoms with Crippen LogP contribution in [0.25, 0.3) is 0 Å². The monoisotopic (exact) mass is 247 g/mol. The first-order valence-electron chi connectivity index (χ1n) is 7.20. The van der Waals surface area contributed by atoms with E-state index >= 15 is 0 Å². The van der Waals surface area contributed by atoms with Crippen molar-refractivity contribution in [2.24, 2.45) is 11.7 Å². The largest absolute Gasteiger partial charge is 0.494 e. The summed E-state index contributed by atoms with van der Waals surface area (Å²) in [7, 11) is 0. The van der Waals surface area contributed by atoms with Crippen LogP contribution in [0.3, 0.4) is 0 Å². The summed E-state index contributed by atoms with van der Waals surface area (Å²) >= 11 is 0. The Kier molecular flexibility index (Phi) is 4.28. The van der Waals surface area contributed by atoms with Crippen LogP contribution in [-0.2, 0) is 5.54 Å². The molecule has 1 fully saturated rings. The summed E-state index contributed by atoms with van der Waals surface area (Å²) in [6.45, 7) is 4.99. The summed E-state index contributed by atoms with van der Waals surface area (Å²) in [5, 5.41) is 0. The Bertz CT molecular complexity index is 390. The maximum Gasteiger partial charge on any atom is 0.124 e. The maximum absolute atomic E-state index is 6.70. The van der Waals surface area contributed by atoms with Crippen LogP contribution in [0.5, 0.6) is 5.75 Å². The molecule has 0 saturated heterocycles. The molecule has 18 heavy (non-hydrogen) atoms. The van der Waals surface area contributed by atoms with Gasteiger partial charge < -0.3 is 10.5 Å². The SMILES string of the molecule is CCOc1ccccc1C1(N)CCCC(CC)C1. The third-order valence-corrected chi connectivity index (χ3v) is 4.19. The zero-order valence-electron chi connectivity index (χ0n) is 11.6. The van der Waals surface area contributed by atoms with Gasteiger partial charge in [0.2, 0.25) is 0 Å². The molecule has 2 rings (SSSR count). The molecule has 0 radical (unpaired) electrons. The lowest BCUT2D eigenvalue weighted by molar-refractivity contribution is 0.213. The average Bonchev–Trinajstić information content (AvgIpc) is 2.39. The number of hydrogen-bond acceptors (Lipinski definition) is 2. The van der Waals surface area contributed by atoms with Crippen LogP contribution in [-0.4, -0.2) is 6.61 Å². The van der Waals surface area contributed by atoms with Gasteiger partial charge in [0, 0.05) is 11.1 Å². The minimum absolute atomic E-state index is 0.190. The number of hydrogen-bond donors (Lipinski definition) is 1. The second-order valence-corrected chi connectivity index (χ2v) is 5.46. The Labute approximate surface area is 111 Å². The van der Waals surface area contributed by atoms with E-state index in [9.17, 15) is 0 Å². The highest BCUT2D eigenvalue weighted by Gasteiger charge is 2.35. The fourth-order valence-corrected chi connectivity index (χ4v) is 3.18. The standard InChI is InChI=1S/C16H25NO/c1-3-13-8-7-11-16(17,12-13)14-9-5-6-10-15(14)18-4-2/h5-6,9-10,13H,3-4,7-8,11-12,17H2,1-2H3. The summed E-state index contributed by atoms with van der Waals surface area (Å²) in [6, 6.07) is 8.28. The van der Waals surface area contributed by atoms with E-state index in [1.165, 1.54) is 24.8 Å². The molecule has 0 spiro atoms. The van der Waals surface area contributed by atoms with Crippen LogP contribution >= 0.6 is 0 Å². The Morgan fingerprint density at radius 3 is 2.83 bits per heavy atom. The first kappa shape index (κ1) is 13.4. The van der Waals surface area contributed by atoms with Crippen LogP contribution in [0.2, 0.25) is 0 Å². The van der Waals surface area contributed by atoms with Crippen molar-refractivity contribution in [1.82, 2.24) is 0 Å². The van der Waals surface area contributed by atoms with Crippen molar-refractivity contribution in [1.29, 1.82) is 0 Å². The normalized spacial score (nSPS) is 28.1. The van der Waals surface area contributed by atoms with E-state index in [0.717, 1.165) is 24.5 Å². The van der Waals surface area contributed by atoms with Gasteiger partial charge in [-0.05, 0) is 31.7 Å². The summed E-state index contributed by atoms with van der Waals surface area (Å²) in [5.74, 6) is 1.73. The average molecular weight is 247 g/mol. The van der Waals surface area contributed by atoms with E-state index in [2.05, 4.69) is 19.1 Å². The van der Waals surface area contributed by atoms with Gasteiger partial charge in [-0.15, -0.1) is 0 Å². The van der Waals surface area contributed by atoms with Gasteiger partial charge in [-0.3, -0.25) is 0 Å². The van der Waals surface area contributed by atoms with Gasteiger partial charge >= 0.3 is 0 Å². The van der Waals surface area contributed by atoms with E-state index in [0.29, 0.717) is 6.61 Å². The van der Waals surface area contributed by atoms with Crippen LogP contribution in [0.15, 0.2) is 24.3 Å². The minimum Gasteiger partial charge on any atom is -0.494 e. The van der Waals surface area contributed by atoms with Gasteiger partial charge in [0.1, 0.15) is 5.75 Å². The second kappa shape index (κ2) is 5.75. The number of para-hydroxylation sites is 1. The summed E-state index contributed by atoms with van der Waals surface area (Å²) in [6.07, 6.45) is 5.96. The number of nitrogens with two attached hydrogens (primary N) is 1. The van der Waals surface area contributed by atoms with Crippen molar-refractivity contribution in [3.8, 4) is 5.75 Å². The van der Waals surface area contributed by atoms with E-state index in [1.807, 2.05) is 19.1 Å². The fraction of sp³-hybridized carbons (Fsp3) is 0.625. The molecule has 2 heteroatoms. The maximum atomic E-state index is 6.70. The number of rotatable bonds is 4. The molecule has 1 aromatic carbocycles. The summed E-state index contributed by atoms with van der Waals surface area (Å²) in [5.41, 5.74) is 7.71. The molecule has 0 amide bonds. The van der Waals surface area contributed by atoms with Gasteiger partial charge in [-0.1, -0.05) is 44.4 Å². The Balaban J connectivity index is 2.28. The number of ether oxygens (including phenoxy) is 1. The molecule has 0 bridgehead atoms. The first-order chi connectivity index (χ1) is 8.69. The Morgan fingerprint density at radius 1 is 1.33 bits per heavy atom. The molecule has 2 atom stereocenters. The van der Waals surface area contributed by atoms with E-state index < -0.39 is 0 Å². The highest BCUT2D eigenvalue weighted by atomic mass is 16.5. The van der Waals surface area contributed by atoms with Crippen molar-refractivity contribution >= 4 is 0 Å². The predicted molar refractivity (Wildman–Crippen MR) is 75.7 cm³/mol. The van der Waals surface area contributed by atoms with Crippen molar-refractivity contribution in [2.45, 2.75) is 51.5 Å². The number of benzene rings is 1. The third-order valence-electron chi connectivity index (χ3n) is 4.19. The van der Waals surface area contributed by atoms with Crippen molar-refractivity contribution in [2.75, 3.05) is 6.61 Å². The zero-order valence-corrected chi connectivity index (χ0v) is 11.6. The first-order valence-corrected chi connectivity index (χ1v) is 7.20. The van der Waals surface area contributed by atoms with Gasteiger partial charge in [0.15, 0.2) is 0 Å². The molecule has 1 saturated carbocycles. The Morgan fingerprint density at radius 2 is 2.11 bits per heavy atom. The molecule has 0 aliphatic heterocycles. The second-order valence-electron chi connectivity index (χ2n) is 5.46. The van der Waals surface area contributed by atoms with Crippen molar-refractivity contribution in [3.63, 3.8) is 0 Å². The third kappa shape index (κ3) is 2.69. The molecule has 0 aromatic heterocycles. The lowest BCUT2D eigenvalue weighted by atomic mass is 9.71. The summed E-state index contributed by atoms with van der Waals surface area (Å²) < 4.78 is 5.74. The molecule has 0 heterocycles. The fourth-order valence-electron chi connectivity index (χ4n) is 3.18. The molecular weight excluding hydrogens is 222 g/mol. The highest BCUT2D eigenvalue weighted by Crippen LogP contribution is 2.42. The lowest BCUT2D eigenvalue weighted by Crippen LogP contribution is -2.41. The highest BCUT2D eigenvalue weighted by molar-refractivity contribution is 5.39. The van der Waals surface area contributed by atoms with E-state index in [-0.39, 0.29) is 5.54 Å². The lowest BCUT2D eigenvalue weighted by Gasteiger charge is -2.39. The quantitative estimate of drug-likeness (QED) is 0.877. The van der Waals surface area contributed by atoms with Crippen molar-refractivity contribution < 1.29 is 4.74 Å². The topological polar surface area (TPSA) is 35.2 Å². The van der Waals surface area contributed by atoms with Gasteiger partial charge in [0.25, 0.3) is 0 Å². The molecule has 100 valence electrons. The van der Waals surface area contributed by atoms with E-state index in [4.69, 9.17) is 10.5 Å². The molecule has 2 nitrogen and oxygen atoms in total. The molecule has 1 aromatic rings. The van der Waals surface area contributed by atoms with Crippen LogP contribution in [0.4, 0.5) is 0 Å². The molecule has 2 N–H and O–H groups in total. The molecule has 1 aliphatic carbocycles. The minimum atomic E-state index is -0.190. The van der Waals surface area contributed by atoms with E-state index in [1.54, 1.807) is 0 Å². The Hall–Kier alpha value is -1.02. The predicted octanol–water partition coefficient (Wildman–Crippen LogP) is 3.84. The van der Waals surface area contributed by atoms with Crippen molar-refractivity contribution in [3.05, 3.63) is 29.8 Å².